The molecule has 134 valence electrons. The number of carbonyl (C=O) groups excluding carboxylic acids is 1. The first-order chi connectivity index (χ1) is 12.5. The van der Waals surface area contributed by atoms with Gasteiger partial charge in [-0.2, -0.15) is 0 Å². The van der Waals surface area contributed by atoms with Crippen molar-refractivity contribution in [1.82, 2.24) is 10.1 Å². The van der Waals surface area contributed by atoms with Gasteiger partial charge >= 0.3 is 5.97 Å². The second-order valence-electron chi connectivity index (χ2n) is 5.55. The summed E-state index contributed by atoms with van der Waals surface area (Å²) in [5.74, 6) is -0.0769. The summed E-state index contributed by atoms with van der Waals surface area (Å²) in [5, 5.41) is 5.80. The van der Waals surface area contributed by atoms with Gasteiger partial charge in [0, 0.05) is 18.8 Å². The summed E-state index contributed by atoms with van der Waals surface area (Å²) in [5.41, 5.74) is 0.557. The summed E-state index contributed by atoms with van der Waals surface area (Å²) < 4.78 is 37.6. The molecule has 2 aromatic heterocycles. The topological polar surface area (TPSA) is 102 Å². The zero-order valence-corrected chi connectivity index (χ0v) is 15.0. The number of ether oxygens (including phenoxy) is 1. The second-order valence-corrected chi connectivity index (χ2v) is 8.25. The van der Waals surface area contributed by atoms with Crippen molar-refractivity contribution in [2.24, 2.45) is 4.40 Å². The van der Waals surface area contributed by atoms with Crippen LogP contribution in [0.3, 0.4) is 0 Å². The molecule has 2 aromatic rings. The molecule has 10 heteroatoms. The van der Waals surface area contributed by atoms with Crippen molar-refractivity contribution in [3.63, 3.8) is 0 Å². The number of allylic oxidation sites excluding steroid dienone is 2. The maximum absolute atomic E-state index is 12.4. The molecule has 0 radical (unpaired) electrons. The van der Waals surface area contributed by atoms with Gasteiger partial charge in [-0.3, -0.25) is 0 Å². The minimum Gasteiger partial charge on any atom is -0.455 e. The van der Waals surface area contributed by atoms with Crippen molar-refractivity contribution in [2.45, 2.75) is 6.61 Å². The average Bonchev–Trinajstić information content (AvgIpc) is 3.29. The van der Waals surface area contributed by atoms with Crippen LogP contribution >= 0.6 is 11.3 Å². The van der Waals surface area contributed by atoms with E-state index in [0.29, 0.717) is 11.5 Å². The van der Waals surface area contributed by atoms with Gasteiger partial charge in [-0.15, -0.1) is 15.7 Å². The SMILES string of the molecule is O=C(OCc1cc(-c2cccs2)on1)C1=CC=CN2CCS(=O)(=O)N=C12. The van der Waals surface area contributed by atoms with E-state index >= 15 is 0 Å². The second kappa shape index (κ2) is 6.54. The van der Waals surface area contributed by atoms with Crippen LogP contribution in [0.15, 0.2) is 56.4 Å². The van der Waals surface area contributed by atoms with E-state index < -0.39 is 16.0 Å². The molecule has 2 aliphatic heterocycles. The van der Waals surface area contributed by atoms with Crippen molar-refractivity contribution in [2.75, 3.05) is 12.3 Å². The summed E-state index contributed by atoms with van der Waals surface area (Å²) in [6.07, 6.45) is 4.81. The number of fused-ring (bicyclic) bond motifs is 1. The van der Waals surface area contributed by atoms with Gasteiger partial charge in [0.05, 0.1) is 10.6 Å². The van der Waals surface area contributed by atoms with Crippen LogP contribution in [0.1, 0.15) is 5.69 Å². The molecule has 0 unspecified atom stereocenters. The molecule has 0 bridgehead atoms. The minimum atomic E-state index is -3.57. The van der Waals surface area contributed by atoms with E-state index in [2.05, 4.69) is 9.55 Å². The van der Waals surface area contributed by atoms with Gasteiger partial charge in [0.25, 0.3) is 10.0 Å². The monoisotopic (exact) mass is 391 g/mol. The summed E-state index contributed by atoms with van der Waals surface area (Å²) in [7, 11) is -3.57. The van der Waals surface area contributed by atoms with Crippen molar-refractivity contribution >= 4 is 33.2 Å². The van der Waals surface area contributed by atoms with Gasteiger partial charge < -0.3 is 14.2 Å². The van der Waals surface area contributed by atoms with E-state index in [1.54, 1.807) is 23.2 Å². The van der Waals surface area contributed by atoms with Crippen LogP contribution < -0.4 is 0 Å². The third kappa shape index (κ3) is 3.33. The lowest BCUT2D eigenvalue weighted by molar-refractivity contribution is -0.139. The highest BCUT2D eigenvalue weighted by molar-refractivity contribution is 7.90. The van der Waals surface area contributed by atoms with Gasteiger partial charge in [-0.25, -0.2) is 13.2 Å². The number of carbonyl (C=O) groups is 1. The van der Waals surface area contributed by atoms with E-state index in [4.69, 9.17) is 9.26 Å². The highest BCUT2D eigenvalue weighted by Crippen LogP contribution is 2.25. The number of amidine groups is 1. The van der Waals surface area contributed by atoms with Crippen molar-refractivity contribution in [1.29, 1.82) is 0 Å². The maximum Gasteiger partial charge on any atom is 0.342 e. The van der Waals surface area contributed by atoms with Gasteiger partial charge in [-0.05, 0) is 23.6 Å². The molecule has 0 N–H and O–H groups in total. The molecule has 4 heterocycles. The number of nitrogens with zero attached hydrogens (tertiary/aromatic N) is 3. The van der Waals surface area contributed by atoms with Crippen molar-refractivity contribution in [3.8, 4) is 10.6 Å². The van der Waals surface area contributed by atoms with E-state index in [1.807, 2.05) is 17.5 Å². The van der Waals surface area contributed by atoms with Crippen molar-refractivity contribution in [3.05, 3.63) is 53.2 Å². The Hall–Kier alpha value is -2.72. The Morgan fingerprint density at radius 2 is 2.31 bits per heavy atom. The smallest absolute Gasteiger partial charge is 0.342 e. The van der Waals surface area contributed by atoms with Gasteiger partial charge in [0.2, 0.25) is 0 Å². The lowest BCUT2D eigenvalue weighted by atomic mass is 10.1. The quantitative estimate of drug-likeness (QED) is 0.734. The number of sulfonamides is 1. The first-order valence-corrected chi connectivity index (χ1v) is 10.2. The summed E-state index contributed by atoms with van der Waals surface area (Å²) >= 11 is 1.51. The Balaban J connectivity index is 1.47. The molecule has 26 heavy (non-hydrogen) atoms. The van der Waals surface area contributed by atoms with Crippen LogP contribution in [0.4, 0.5) is 0 Å². The van der Waals surface area contributed by atoms with E-state index in [1.165, 1.54) is 17.4 Å². The third-order valence-electron chi connectivity index (χ3n) is 3.75. The molecule has 0 saturated carbocycles. The molecular weight excluding hydrogens is 378 g/mol. The maximum atomic E-state index is 12.4. The van der Waals surface area contributed by atoms with E-state index in [-0.39, 0.29) is 30.3 Å². The summed E-state index contributed by atoms with van der Waals surface area (Å²) in [6.45, 7) is 0.157. The Labute approximate surface area is 153 Å². The number of thiophene rings is 1. The lowest BCUT2D eigenvalue weighted by Crippen LogP contribution is -2.40. The Kier molecular flexibility index (Phi) is 4.21. The minimum absolute atomic E-state index is 0.0863. The zero-order chi connectivity index (χ0) is 18.1. The van der Waals surface area contributed by atoms with Gasteiger partial charge in [0.15, 0.2) is 11.6 Å². The van der Waals surface area contributed by atoms with Crippen LogP contribution in [0.5, 0.6) is 0 Å². The summed E-state index contributed by atoms with van der Waals surface area (Å²) in [4.78, 5) is 14.9. The number of hydrogen-bond donors (Lipinski definition) is 0. The lowest BCUT2D eigenvalue weighted by Gasteiger charge is -2.28. The van der Waals surface area contributed by atoms with Gasteiger partial charge in [-0.1, -0.05) is 11.2 Å². The molecule has 0 saturated heterocycles. The molecule has 4 rings (SSSR count). The number of rotatable bonds is 4. The zero-order valence-electron chi connectivity index (χ0n) is 13.4. The Morgan fingerprint density at radius 3 is 3.12 bits per heavy atom. The predicted octanol–water partition coefficient (Wildman–Crippen LogP) is 1.94. The molecule has 2 aliphatic rings. The largest absolute Gasteiger partial charge is 0.455 e. The van der Waals surface area contributed by atoms with Crippen LogP contribution in [0, 0.1) is 0 Å². The van der Waals surface area contributed by atoms with E-state index in [0.717, 1.165) is 4.88 Å². The number of aromatic nitrogens is 1. The first-order valence-electron chi connectivity index (χ1n) is 7.66. The average molecular weight is 391 g/mol. The molecule has 0 fully saturated rings. The third-order valence-corrected chi connectivity index (χ3v) is 5.79. The molecule has 0 spiro atoms. The highest BCUT2D eigenvalue weighted by atomic mass is 32.2. The molecule has 0 aromatic carbocycles. The highest BCUT2D eigenvalue weighted by Gasteiger charge is 2.30. The normalized spacial score (nSPS) is 18.1. The Morgan fingerprint density at radius 1 is 1.42 bits per heavy atom. The van der Waals surface area contributed by atoms with Crippen molar-refractivity contribution < 1.29 is 22.5 Å². The fourth-order valence-corrected chi connectivity index (χ4v) is 4.17. The molecule has 0 amide bonds. The molecule has 8 nitrogen and oxygen atoms in total. The summed E-state index contributed by atoms with van der Waals surface area (Å²) in [6, 6.07) is 5.50. The van der Waals surface area contributed by atoms with Crippen LogP contribution in [0.2, 0.25) is 0 Å². The van der Waals surface area contributed by atoms with Gasteiger partial charge in [0.1, 0.15) is 17.9 Å². The number of esters is 1. The molecule has 0 atom stereocenters. The molecular formula is C16H13N3O5S2. The van der Waals surface area contributed by atoms with Crippen LogP contribution in [0.25, 0.3) is 10.6 Å². The molecule has 0 aliphatic carbocycles. The van der Waals surface area contributed by atoms with E-state index in [9.17, 15) is 13.2 Å². The fraction of sp³-hybridized carbons (Fsp3) is 0.188. The number of hydrogen-bond acceptors (Lipinski definition) is 8. The fourth-order valence-electron chi connectivity index (χ4n) is 2.51. The Bertz CT molecular complexity index is 1030. The van der Waals surface area contributed by atoms with Crippen LogP contribution in [-0.4, -0.2) is 42.6 Å². The van der Waals surface area contributed by atoms with Crippen LogP contribution in [-0.2, 0) is 26.2 Å². The predicted molar refractivity (Wildman–Crippen MR) is 94.8 cm³/mol. The first kappa shape index (κ1) is 16.7. The standard InChI is InChI=1S/C16H13N3O5S2/c20-16(12-3-1-5-19-6-8-26(21,22)18-15(12)19)23-10-11-9-13(24-17-11)14-4-2-7-25-14/h1-5,7,9H,6,8,10H2.